The molecule has 2 aromatic heterocycles. The molecule has 2 N–H and O–H groups in total. The lowest BCUT2D eigenvalue weighted by atomic mass is 9.97. The molecule has 3 nitrogen and oxygen atoms in total. The van der Waals surface area contributed by atoms with Crippen molar-refractivity contribution >= 4 is 22.0 Å². The summed E-state index contributed by atoms with van der Waals surface area (Å²) >= 11 is 0. The molecule has 0 spiro atoms. The van der Waals surface area contributed by atoms with Crippen LogP contribution in [0.5, 0.6) is 0 Å². The van der Waals surface area contributed by atoms with Crippen molar-refractivity contribution in [1.82, 2.24) is 15.2 Å². The van der Waals surface area contributed by atoms with Crippen LogP contribution < -0.4 is 0 Å². The predicted molar refractivity (Wildman–Crippen MR) is 142 cm³/mol. The van der Waals surface area contributed by atoms with Gasteiger partial charge in [0.15, 0.2) is 0 Å². The Bertz CT molecular complexity index is 1470. The van der Waals surface area contributed by atoms with E-state index >= 15 is 0 Å². The molecule has 0 atom stereocenters. The zero-order valence-corrected chi connectivity index (χ0v) is 19.7. The molecule has 4 rings (SSSR count). The lowest BCUT2D eigenvalue weighted by molar-refractivity contribution is 0.627. The minimum Gasteiger partial charge on any atom is -0.357 e. The fourth-order valence-corrected chi connectivity index (χ4v) is 4.12. The zero-order chi connectivity index (χ0) is 24.2. The zero-order valence-electron chi connectivity index (χ0n) is 19.7. The van der Waals surface area contributed by atoms with E-state index in [1.54, 1.807) is 12.1 Å². The molecular weight excluding hydrogens is 421 g/mol. The molecule has 0 fully saturated rings. The topological polar surface area (TPSA) is 44.5 Å². The van der Waals surface area contributed by atoms with E-state index in [1.807, 2.05) is 45.1 Å². The fourth-order valence-electron chi connectivity index (χ4n) is 4.12. The SMILES string of the molecule is C=C/C=C(/c1cccc(F)c1)c1cc(-c2n[nH]c3ccc(C(/C=C(/C)C=C)=C/C)cc23)[nH]c1C. The van der Waals surface area contributed by atoms with Gasteiger partial charge in [-0.3, -0.25) is 5.10 Å². The van der Waals surface area contributed by atoms with Gasteiger partial charge in [0, 0.05) is 16.6 Å². The summed E-state index contributed by atoms with van der Waals surface area (Å²) in [7, 11) is 0. The lowest BCUT2D eigenvalue weighted by Gasteiger charge is -2.07. The number of rotatable bonds is 7. The van der Waals surface area contributed by atoms with Gasteiger partial charge in [0.2, 0.25) is 0 Å². The Morgan fingerprint density at radius 1 is 1.06 bits per heavy atom. The summed E-state index contributed by atoms with van der Waals surface area (Å²) in [5.41, 5.74) is 9.66. The average molecular weight is 450 g/mol. The van der Waals surface area contributed by atoms with Crippen molar-refractivity contribution in [2.24, 2.45) is 0 Å². The third kappa shape index (κ3) is 4.48. The molecule has 2 aromatic carbocycles. The highest BCUT2D eigenvalue weighted by atomic mass is 19.1. The van der Waals surface area contributed by atoms with Crippen LogP contribution in [0.1, 0.15) is 36.2 Å². The van der Waals surface area contributed by atoms with Gasteiger partial charge in [0.05, 0.1) is 11.2 Å². The maximum absolute atomic E-state index is 13.9. The van der Waals surface area contributed by atoms with Crippen LogP contribution in [0.25, 0.3) is 33.4 Å². The first kappa shape index (κ1) is 23.0. The monoisotopic (exact) mass is 449 g/mol. The van der Waals surface area contributed by atoms with Gasteiger partial charge in [-0.2, -0.15) is 5.10 Å². The number of nitrogens with one attached hydrogen (secondary N) is 2. The number of benzene rings is 2. The van der Waals surface area contributed by atoms with E-state index in [2.05, 4.69) is 58.7 Å². The van der Waals surface area contributed by atoms with Crippen LogP contribution in [0, 0.1) is 12.7 Å². The summed E-state index contributed by atoms with van der Waals surface area (Å²) < 4.78 is 13.9. The smallest absolute Gasteiger partial charge is 0.123 e. The largest absolute Gasteiger partial charge is 0.357 e. The summed E-state index contributed by atoms with van der Waals surface area (Å²) in [5, 5.41) is 8.77. The van der Waals surface area contributed by atoms with Gasteiger partial charge in [0.1, 0.15) is 11.5 Å². The van der Waals surface area contributed by atoms with E-state index in [0.29, 0.717) is 0 Å². The summed E-state index contributed by atoms with van der Waals surface area (Å²) in [6, 6.07) is 15.0. The third-order valence-electron chi connectivity index (χ3n) is 5.89. The number of aromatic nitrogens is 3. The molecule has 0 saturated carbocycles. The number of hydrogen-bond donors (Lipinski definition) is 2. The lowest BCUT2D eigenvalue weighted by Crippen LogP contribution is -1.89. The first-order valence-corrected chi connectivity index (χ1v) is 11.2. The first-order valence-electron chi connectivity index (χ1n) is 11.2. The van der Waals surface area contributed by atoms with Crippen molar-refractivity contribution in [1.29, 1.82) is 0 Å². The van der Waals surface area contributed by atoms with Crippen molar-refractivity contribution in [3.05, 3.63) is 126 Å². The number of fused-ring (bicyclic) bond motifs is 1. The molecule has 0 amide bonds. The highest BCUT2D eigenvalue weighted by Gasteiger charge is 2.16. The van der Waals surface area contributed by atoms with E-state index in [0.717, 1.165) is 61.4 Å². The first-order chi connectivity index (χ1) is 16.4. The Kier molecular flexibility index (Phi) is 6.60. The molecular formula is C30H28FN3. The Hall–Kier alpha value is -4.18. The average Bonchev–Trinajstić information content (AvgIpc) is 3.43. The second-order valence-electron chi connectivity index (χ2n) is 8.22. The van der Waals surface area contributed by atoms with Crippen molar-refractivity contribution in [2.75, 3.05) is 0 Å². The third-order valence-corrected chi connectivity index (χ3v) is 5.89. The highest BCUT2D eigenvalue weighted by Crippen LogP contribution is 2.34. The van der Waals surface area contributed by atoms with E-state index < -0.39 is 0 Å². The van der Waals surface area contributed by atoms with Crippen LogP contribution in [-0.4, -0.2) is 15.2 Å². The van der Waals surface area contributed by atoms with Crippen LogP contribution in [0.3, 0.4) is 0 Å². The van der Waals surface area contributed by atoms with Crippen molar-refractivity contribution in [3.63, 3.8) is 0 Å². The maximum atomic E-state index is 13.9. The standard InChI is InChI=1S/C30H28FN3/c1-6-10-25(23-11-9-12-24(31)16-23)26-18-29(32-20(26)5)30-27-17-22(13-14-28(27)33-34-30)21(8-3)15-19(4)7-2/h6-18,32H,1-2H2,3-5H3,(H,33,34)/b19-15-,21-8+,25-10-. The molecule has 170 valence electrons. The van der Waals surface area contributed by atoms with Gasteiger partial charge >= 0.3 is 0 Å². The quantitative estimate of drug-likeness (QED) is 0.275. The van der Waals surface area contributed by atoms with Gasteiger partial charge < -0.3 is 4.98 Å². The number of hydrogen-bond acceptors (Lipinski definition) is 1. The van der Waals surface area contributed by atoms with Crippen molar-refractivity contribution < 1.29 is 4.39 Å². The van der Waals surface area contributed by atoms with Gasteiger partial charge in [-0.1, -0.05) is 67.3 Å². The van der Waals surface area contributed by atoms with Crippen molar-refractivity contribution in [3.8, 4) is 11.4 Å². The Labute approximate surface area is 199 Å². The second-order valence-corrected chi connectivity index (χ2v) is 8.22. The molecule has 0 saturated heterocycles. The Morgan fingerprint density at radius 2 is 1.88 bits per heavy atom. The molecule has 0 bridgehead atoms. The molecule has 0 unspecified atom stereocenters. The van der Waals surface area contributed by atoms with E-state index in [4.69, 9.17) is 0 Å². The maximum Gasteiger partial charge on any atom is 0.123 e. The summed E-state index contributed by atoms with van der Waals surface area (Å²) in [6.45, 7) is 13.8. The molecule has 0 aliphatic carbocycles. The summed E-state index contributed by atoms with van der Waals surface area (Å²) in [5.74, 6) is -0.271. The van der Waals surface area contributed by atoms with E-state index in [9.17, 15) is 4.39 Å². The predicted octanol–water partition coefficient (Wildman–Crippen LogP) is 8.16. The van der Waals surface area contributed by atoms with Crippen LogP contribution in [0.15, 0.2) is 97.6 Å². The number of aryl methyl sites for hydroxylation is 1. The molecule has 0 radical (unpaired) electrons. The fraction of sp³-hybridized carbons (Fsp3) is 0.100. The molecule has 2 heterocycles. The van der Waals surface area contributed by atoms with Crippen LogP contribution in [0.4, 0.5) is 4.39 Å². The second kappa shape index (κ2) is 9.75. The number of H-pyrrole nitrogens is 2. The molecule has 0 aliphatic heterocycles. The van der Waals surface area contributed by atoms with Gasteiger partial charge in [-0.15, -0.1) is 0 Å². The number of allylic oxidation sites excluding steroid dienone is 7. The number of aromatic amines is 2. The minimum atomic E-state index is -0.271. The van der Waals surface area contributed by atoms with Gasteiger partial charge in [-0.05, 0) is 73.4 Å². The summed E-state index contributed by atoms with van der Waals surface area (Å²) in [6.07, 6.45) is 9.69. The molecule has 0 aliphatic rings. The molecule has 34 heavy (non-hydrogen) atoms. The highest BCUT2D eigenvalue weighted by molar-refractivity contribution is 5.96. The molecule has 4 heteroatoms. The van der Waals surface area contributed by atoms with Crippen LogP contribution in [0.2, 0.25) is 0 Å². The van der Waals surface area contributed by atoms with Crippen molar-refractivity contribution in [2.45, 2.75) is 20.8 Å². The normalized spacial score (nSPS) is 12.9. The van der Waals surface area contributed by atoms with Gasteiger partial charge in [-0.25, -0.2) is 4.39 Å². The van der Waals surface area contributed by atoms with E-state index in [1.165, 1.54) is 12.1 Å². The van der Waals surface area contributed by atoms with E-state index in [-0.39, 0.29) is 5.82 Å². The molecule has 4 aromatic rings. The number of nitrogens with zero attached hydrogens (tertiary/aromatic N) is 1. The van der Waals surface area contributed by atoms with Gasteiger partial charge in [0.25, 0.3) is 0 Å². The van der Waals surface area contributed by atoms with Crippen LogP contribution >= 0.6 is 0 Å². The van der Waals surface area contributed by atoms with Crippen LogP contribution in [-0.2, 0) is 0 Å². The number of halogens is 1. The Morgan fingerprint density at radius 3 is 2.59 bits per heavy atom. The Balaban J connectivity index is 1.82. The minimum absolute atomic E-state index is 0.271. The summed E-state index contributed by atoms with van der Waals surface area (Å²) in [4.78, 5) is 3.48.